The molecule has 1 unspecified atom stereocenters. The third-order valence-corrected chi connectivity index (χ3v) is 4.95. The standard InChI is InChI=1S/C20H22FN5O3/c1-2-26-17(7-10-22-26)20(27)25-11-8-14(13-25)19-23-18(24-29-19)9-12-28-16-5-3-15(21)4-6-16/h3-7,10,14H,2,8-9,11-13H2,1H3. The average molecular weight is 399 g/mol. The number of ether oxygens (including phenoxy) is 1. The summed E-state index contributed by atoms with van der Waals surface area (Å²) in [5.41, 5.74) is 0.595. The van der Waals surface area contributed by atoms with Crippen LogP contribution in [0, 0.1) is 5.82 Å². The number of rotatable bonds is 7. The average Bonchev–Trinajstić information content (AvgIpc) is 3.48. The molecule has 29 heavy (non-hydrogen) atoms. The van der Waals surface area contributed by atoms with E-state index in [1.165, 1.54) is 12.1 Å². The van der Waals surface area contributed by atoms with Crippen LogP contribution in [0.15, 0.2) is 41.1 Å². The number of carbonyl (C=O) groups is 1. The Labute approximate surface area is 167 Å². The zero-order valence-electron chi connectivity index (χ0n) is 16.1. The largest absolute Gasteiger partial charge is 0.493 e. The number of carbonyl (C=O) groups excluding carboxylic acids is 1. The van der Waals surface area contributed by atoms with Crippen molar-refractivity contribution >= 4 is 5.91 Å². The SMILES string of the molecule is CCn1nccc1C(=O)N1CCC(c2nc(CCOc3ccc(F)cc3)no2)C1. The van der Waals surface area contributed by atoms with Crippen molar-refractivity contribution < 1.29 is 18.4 Å². The highest BCUT2D eigenvalue weighted by Gasteiger charge is 2.32. The lowest BCUT2D eigenvalue weighted by Gasteiger charge is -2.16. The van der Waals surface area contributed by atoms with Crippen LogP contribution in [0.4, 0.5) is 4.39 Å². The van der Waals surface area contributed by atoms with Crippen LogP contribution < -0.4 is 4.74 Å². The Kier molecular flexibility index (Phi) is 5.55. The molecule has 2 aromatic heterocycles. The fourth-order valence-electron chi connectivity index (χ4n) is 3.40. The Morgan fingerprint density at radius 3 is 2.93 bits per heavy atom. The third-order valence-electron chi connectivity index (χ3n) is 4.95. The van der Waals surface area contributed by atoms with Crippen LogP contribution in [-0.4, -0.2) is 50.4 Å². The van der Waals surface area contributed by atoms with Crippen molar-refractivity contribution in [3.63, 3.8) is 0 Å². The van der Waals surface area contributed by atoms with Gasteiger partial charge in [0.2, 0.25) is 5.89 Å². The van der Waals surface area contributed by atoms with E-state index in [1.807, 2.05) is 6.92 Å². The summed E-state index contributed by atoms with van der Waals surface area (Å²) < 4.78 is 25.6. The van der Waals surface area contributed by atoms with E-state index >= 15 is 0 Å². The van der Waals surface area contributed by atoms with E-state index < -0.39 is 0 Å². The maximum atomic E-state index is 12.9. The third kappa shape index (κ3) is 4.28. The molecule has 0 N–H and O–H groups in total. The molecule has 1 atom stereocenters. The van der Waals surface area contributed by atoms with E-state index in [4.69, 9.17) is 9.26 Å². The molecule has 4 rings (SSSR count). The minimum absolute atomic E-state index is 0.0243. The minimum atomic E-state index is -0.302. The Morgan fingerprint density at radius 1 is 1.31 bits per heavy atom. The van der Waals surface area contributed by atoms with E-state index in [9.17, 15) is 9.18 Å². The summed E-state index contributed by atoms with van der Waals surface area (Å²) in [6.07, 6.45) is 2.90. The van der Waals surface area contributed by atoms with Crippen LogP contribution in [0.25, 0.3) is 0 Å². The molecule has 0 spiro atoms. The summed E-state index contributed by atoms with van der Waals surface area (Å²) in [6, 6.07) is 7.59. The van der Waals surface area contributed by atoms with E-state index in [2.05, 4.69) is 15.2 Å². The lowest BCUT2D eigenvalue weighted by Crippen LogP contribution is -2.30. The topological polar surface area (TPSA) is 86.3 Å². The van der Waals surface area contributed by atoms with Gasteiger partial charge in [-0.2, -0.15) is 10.1 Å². The van der Waals surface area contributed by atoms with Crippen LogP contribution in [0.1, 0.15) is 41.5 Å². The fourth-order valence-corrected chi connectivity index (χ4v) is 3.40. The summed E-state index contributed by atoms with van der Waals surface area (Å²) in [6.45, 7) is 4.15. The number of likely N-dealkylation sites (tertiary alicyclic amines) is 1. The molecule has 1 fully saturated rings. The summed E-state index contributed by atoms with van der Waals surface area (Å²) in [5.74, 6) is 1.38. The van der Waals surface area contributed by atoms with Gasteiger partial charge >= 0.3 is 0 Å². The molecule has 0 aliphatic carbocycles. The van der Waals surface area contributed by atoms with Gasteiger partial charge in [0.25, 0.3) is 5.91 Å². The van der Waals surface area contributed by atoms with E-state index in [0.717, 1.165) is 6.42 Å². The summed E-state index contributed by atoms with van der Waals surface area (Å²) in [7, 11) is 0. The van der Waals surface area contributed by atoms with Gasteiger partial charge in [-0.15, -0.1) is 0 Å². The van der Waals surface area contributed by atoms with E-state index in [-0.39, 0.29) is 17.6 Å². The smallest absolute Gasteiger partial charge is 0.272 e. The van der Waals surface area contributed by atoms with Crippen molar-refractivity contribution in [2.24, 2.45) is 0 Å². The molecule has 1 aromatic carbocycles. The second-order valence-corrected chi connectivity index (χ2v) is 6.87. The molecule has 3 heterocycles. The highest BCUT2D eigenvalue weighted by Crippen LogP contribution is 2.27. The van der Waals surface area contributed by atoms with Gasteiger partial charge < -0.3 is 14.2 Å². The highest BCUT2D eigenvalue weighted by atomic mass is 19.1. The van der Waals surface area contributed by atoms with Crippen molar-refractivity contribution in [2.45, 2.75) is 32.2 Å². The van der Waals surface area contributed by atoms with Crippen LogP contribution in [0.2, 0.25) is 0 Å². The molecular weight excluding hydrogens is 377 g/mol. The summed E-state index contributed by atoms with van der Waals surface area (Å²) in [4.78, 5) is 19.0. The molecular formula is C20H22FN5O3. The lowest BCUT2D eigenvalue weighted by atomic mass is 10.1. The molecule has 3 aromatic rings. The molecule has 0 saturated carbocycles. The summed E-state index contributed by atoms with van der Waals surface area (Å²) >= 11 is 0. The van der Waals surface area contributed by atoms with Crippen molar-refractivity contribution in [1.29, 1.82) is 0 Å². The first-order valence-electron chi connectivity index (χ1n) is 9.66. The predicted octanol–water partition coefficient (Wildman–Crippen LogP) is 2.68. The Bertz CT molecular complexity index is 969. The maximum Gasteiger partial charge on any atom is 0.272 e. The van der Waals surface area contributed by atoms with Gasteiger partial charge in [0, 0.05) is 32.3 Å². The van der Waals surface area contributed by atoms with Crippen LogP contribution in [0.5, 0.6) is 5.75 Å². The molecule has 1 amide bonds. The molecule has 9 heteroatoms. The minimum Gasteiger partial charge on any atom is -0.493 e. The fraction of sp³-hybridized carbons (Fsp3) is 0.400. The van der Waals surface area contributed by atoms with Gasteiger partial charge in [-0.05, 0) is 43.7 Å². The molecule has 152 valence electrons. The molecule has 8 nitrogen and oxygen atoms in total. The van der Waals surface area contributed by atoms with Crippen molar-refractivity contribution in [3.8, 4) is 5.75 Å². The number of hydrogen-bond acceptors (Lipinski definition) is 6. The number of benzene rings is 1. The molecule has 1 aliphatic heterocycles. The number of aryl methyl sites for hydroxylation is 1. The first kappa shape index (κ1) is 19.1. The van der Waals surface area contributed by atoms with E-state index in [1.54, 1.807) is 34.0 Å². The Morgan fingerprint density at radius 2 is 2.14 bits per heavy atom. The monoisotopic (exact) mass is 399 g/mol. The quantitative estimate of drug-likeness (QED) is 0.607. The van der Waals surface area contributed by atoms with Crippen molar-refractivity contribution in [2.75, 3.05) is 19.7 Å². The molecule has 1 aliphatic rings. The van der Waals surface area contributed by atoms with Crippen molar-refractivity contribution in [3.05, 3.63) is 59.8 Å². The van der Waals surface area contributed by atoms with Gasteiger partial charge in [-0.3, -0.25) is 9.48 Å². The molecule has 1 saturated heterocycles. The Hall–Kier alpha value is -3.23. The van der Waals surface area contributed by atoms with Gasteiger partial charge in [-0.1, -0.05) is 5.16 Å². The zero-order valence-corrected chi connectivity index (χ0v) is 16.1. The second-order valence-electron chi connectivity index (χ2n) is 6.87. The zero-order chi connectivity index (χ0) is 20.2. The first-order chi connectivity index (χ1) is 14.1. The maximum absolute atomic E-state index is 12.9. The highest BCUT2D eigenvalue weighted by molar-refractivity contribution is 5.92. The van der Waals surface area contributed by atoms with Crippen LogP contribution in [-0.2, 0) is 13.0 Å². The van der Waals surface area contributed by atoms with Crippen LogP contribution in [0.3, 0.4) is 0 Å². The number of nitrogens with zero attached hydrogens (tertiary/aromatic N) is 5. The molecule has 0 bridgehead atoms. The van der Waals surface area contributed by atoms with Crippen molar-refractivity contribution in [1.82, 2.24) is 24.8 Å². The number of halogens is 1. The summed E-state index contributed by atoms with van der Waals surface area (Å²) in [5, 5.41) is 8.17. The van der Waals surface area contributed by atoms with Gasteiger partial charge in [0.05, 0.1) is 12.5 Å². The lowest BCUT2D eigenvalue weighted by molar-refractivity contribution is 0.0777. The number of amides is 1. The van der Waals surface area contributed by atoms with Crippen LogP contribution >= 0.6 is 0 Å². The first-order valence-corrected chi connectivity index (χ1v) is 9.66. The van der Waals surface area contributed by atoms with Gasteiger partial charge in [0.1, 0.15) is 17.3 Å². The predicted molar refractivity (Wildman–Crippen MR) is 101 cm³/mol. The number of hydrogen-bond donors (Lipinski definition) is 0. The van der Waals surface area contributed by atoms with Gasteiger partial charge in [0.15, 0.2) is 5.82 Å². The number of aromatic nitrogens is 4. The normalized spacial score (nSPS) is 16.3. The second kappa shape index (κ2) is 8.42. The molecule has 0 radical (unpaired) electrons. The van der Waals surface area contributed by atoms with E-state index in [0.29, 0.717) is 55.8 Å². The Balaban J connectivity index is 1.30. The van der Waals surface area contributed by atoms with Gasteiger partial charge in [-0.25, -0.2) is 4.39 Å².